The van der Waals surface area contributed by atoms with Crippen LogP contribution in [-0.4, -0.2) is 32.2 Å². The maximum absolute atomic E-state index is 11.9. The summed E-state index contributed by atoms with van der Waals surface area (Å²) in [6, 6.07) is 3.44. The van der Waals surface area contributed by atoms with Gasteiger partial charge in [-0.25, -0.2) is 4.98 Å². The number of rotatable bonds is 4. The van der Waals surface area contributed by atoms with Crippen molar-refractivity contribution >= 4 is 21.8 Å². The normalized spacial score (nSPS) is 10.3. The van der Waals surface area contributed by atoms with Gasteiger partial charge in [-0.1, -0.05) is 0 Å². The van der Waals surface area contributed by atoms with Crippen LogP contribution in [0.1, 0.15) is 16.2 Å². The van der Waals surface area contributed by atoms with Gasteiger partial charge >= 0.3 is 0 Å². The van der Waals surface area contributed by atoms with Crippen molar-refractivity contribution in [2.45, 2.75) is 6.42 Å². The lowest BCUT2D eigenvalue weighted by Crippen LogP contribution is -2.26. The summed E-state index contributed by atoms with van der Waals surface area (Å²) in [6.45, 7) is 0.507. The van der Waals surface area contributed by atoms with Crippen LogP contribution in [-0.2, 0) is 13.5 Å². The van der Waals surface area contributed by atoms with E-state index in [1.807, 2.05) is 11.6 Å². The number of carbonyl (C=O) groups is 1. The molecule has 0 saturated heterocycles. The van der Waals surface area contributed by atoms with Crippen molar-refractivity contribution in [2.75, 3.05) is 6.54 Å². The molecule has 2 aromatic heterocycles. The number of hydrogen-bond acceptors (Lipinski definition) is 4. The second-order valence-corrected chi connectivity index (χ2v) is 4.46. The second kappa shape index (κ2) is 5.72. The molecule has 0 atom stereocenters. The first-order chi connectivity index (χ1) is 8.68. The molecule has 6 nitrogen and oxygen atoms in total. The van der Waals surface area contributed by atoms with Gasteiger partial charge in [0.2, 0.25) is 0 Å². The zero-order valence-electron chi connectivity index (χ0n) is 9.80. The predicted molar refractivity (Wildman–Crippen MR) is 69.0 cm³/mol. The summed E-state index contributed by atoms with van der Waals surface area (Å²) in [5.41, 5.74) is 0.524. The number of nitrogens with one attached hydrogen (secondary N) is 1. The van der Waals surface area contributed by atoms with Gasteiger partial charge in [0.05, 0.1) is 5.56 Å². The van der Waals surface area contributed by atoms with Gasteiger partial charge < -0.3 is 9.88 Å². The monoisotopic (exact) mass is 309 g/mol. The number of nitrogens with zero attached hydrogens (tertiary/aromatic N) is 4. The van der Waals surface area contributed by atoms with E-state index in [1.54, 1.807) is 24.7 Å². The highest BCUT2D eigenvalue weighted by molar-refractivity contribution is 9.10. The molecule has 0 saturated carbocycles. The molecular weight excluding hydrogens is 298 g/mol. The van der Waals surface area contributed by atoms with Gasteiger partial charge in [0.15, 0.2) is 0 Å². The molecule has 1 amide bonds. The lowest BCUT2D eigenvalue weighted by Gasteiger charge is -2.05. The summed E-state index contributed by atoms with van der Waals surface area (Å²) in [5, 5.41) is 10.5. The standard InChI is InChI=1S/C11H12BrN5O/c1-17-7-15-16-9(17)4-6-14-11(18)8-3-2-5-13-10(8)12/h2-3,5,7H,4,6H2,1H3,(H,14,18). The number of hydrogen-bond donors (Lipinski definition) is 1. The fourth-order valence-corrected chi connectivity index (χ4v) is 1.90. The third-order valence-electron chi connectivity index (χ3n) is 2.44. The van der Waals surface area contributed by atoms with E-state index >= 15 is 0 Å². The average Bonchev–Trinajstić information content (AvgIpc) is 2.75. The second-order valence-electron chi connectivity index (χ2n) is 3.71. The largest absolute Gasteiger partial charge is 0.352 e. The molecule has 0 bridgehead atoms. The number of aromatic nitrogens is 4. The van der Waals surface area contributed by atoms with Crippen LogP contribution in [0.5, 0.6) is 0 Å². The van der Waals surface area contributed by atoms with E-state index in [0.717, 1.165) is 5.82 Å². The quantitative estimate of drug-likeness (QED) is 0.853. The Morgan fingerprint density at radius 3 is 3.06 bits per heavy atom. The Labute approximate surface area is 113 Å². The molecule has 1 N–H and O–H groups in total. The fourth-order valence-electron chi connectivity index (χ4n) is 1.47. The molecule has 2 heterocycles. The van der Waals surface area contributed by atoms with Crippen LogP contribution in [0, 0.1) is 0 Å². The Balaban J connectivity index is 1.90. The molecule has 0 fully saturated rings. The fraction of sp³-hybridized carbons (Fsp3) is 0.273. The van der Waals surface area contributed by atoms with Gasteiger partial charge in [-0.05, 0) is 28.1 Å². The Bertz CT molecular complexity index is 554. The molecule has 0 radical (unpaired) electrons. The molecule has 0 aliphatic rings. The van der Waals surface area contributed by atoms with Crippen molar-refractivity contribution in [3.8, 4) is 0 Å². The Kier molecular flexibility index (Phi) is 4.03. The van der Waals surface area contributed by atoms with Crippen molar-refractivity contribution in [1.29, 1.82) is 0 Å². The zero-order chi connectivity index (χ0) is 13.0. The van der Waals surface area contributed by atoms with Crippen molar-refractivity contribution in [1.82, 2.24) is 25.1 Å². The lowest BCUT2D eigenvalue weighted by molar-refractivity contribution is 0.0952. The summed E-state index contributed by atoms with van der Waals surface area (Å²) >= 11 is 3.24. The van der Waals surface area contributed by atoms with Crippen molar-refractivity contribution in [3.63, 3.8) is 0 Å². The van der Waals surface area contributed by atoms with Crippen LogP contribution in [0.2, 0.25) is 0 Å². The minimum Gasteiger partial charge on any atom is -0.352 e. The van der Waals surface area contributed by atoms with Crippen LogP contribution in [0.25, 0.3) is 0 Å². The van der Waals surface area contributed by atoms with Crippen molar-refractivity contribution < 1.29 is 4.79 Å². The summed E-state index contributed by atoms with van der Waals surface area (Å²) in [4.78, 5) is 15.9. The van der Waals surface area contributed by atoms with Crippen LogP contribution >= 0.6 is 15.9 Å². The topological polar surface area (TPSA) is 72.7 Å². The third-order valence-corrected chi connectivity index (χ3v) is 3.07. The van der Waals surface area contributed by atoms with E-state index in [1.165, 1.54) is 0 Å². The molecule has 0 spiro atoms. The maximum Gasteiger partial charge on any atom is 0.254 e. The van der Waals surface area contributed by atoms with E-state index in [-0.39, 0.29) is 5.91 Å². The number of aryl methyl sites for hydroxylation is 1. The molecular formula is C11H12BrN5O. The van der Waals surface area contributed by atoms with Crippen LogP contribution in [0.3, 0.4) is 0 Å². The van der Waals surface area contributed by atoms with E-state index in [2.05, 4.69) is 36.4 Å². The summed E-state index contributed by atoms with van der Waals surface area (Å²) in [7, 11) is 1.87. The van der Waals surface area contributed by atoms with E-state index in [4.69, 9.17) is 0 Å². The highest BCUT2D eigenvalue weighted by Gasteiger charge is 2.10. The van der Waals surface area contributed by atoms with Gasteiger partial charge in [0.1, 0.15) is 16.8 Å². The van der Waals surface area contributed by atoms with Crippen LogP contribution < -0.4 is 5.32 Å². The summed E-state index contributed by atoms with van der Waals surface area (Å²) in [6.07, 6.45) is 3.90. The third kappa shape index (κ3) is 2.92. The Morgan fingerprint density at radius 1 is 1.56 bits per heavy atom. The highest BCUT2D eigenvalue weighted by atomic mass is 79.9. The number of amides is 1. The maximum atomic E-state index is 11.9. The van der Waals surface area contributed by atoms with Crippen LogP contribution in [0.15, 0.2) is 29.3 Å². The first-order valence-electron chi connectivity index (χ1n) is 5.40. The molecule has 0 unspecified atom stereocenters. The van der Waals surface area contributed by atoms with Crippen molar-refractivity contribution in [2.24, 2.45) is 7.05 Å². The van der Waals surface area contributed by atoms with Gasteiger partial charge in [-0.2, -0.15) is 0 Å². The van der Waals surface area contributed by atoms with Gasteiger partial charge in [0.25, 0.3) is 5.91 Å². The van der Waals surface area contributed by atoms with Gasteiger partial charge in [0, 0.05) is 26.2 Å². The smallest absolute Gasteiger partial charge is 0.254 e. The Hall–Kier alpha value is -1.76. The lowest BCUT2D eigenvalue weighted by atomic mass is 10.2. The molecule has 18 heavy (non-hydrogen) atoms. The van der Waals surface area contributed by atoms with Crippen LogP contribution in [0.4, 0.5) is 0 Å². The molecule has 94 valence electrons. The SMILES string of the molecule is Cn1cnnc1CCNC(=O)c1cccnc1Br. The molecule has 2 aromatic rings. The average molecular weight is 310 g/mol. The Morgan fingerprint density at radius 2 is 2.39 bits per heavy atom. The minimum atomic E-state index is -0.155. The first-order valence-corrected chi connectivity index (χ1v) is 6.19. The molecule has 0 aliphatic carbocycles. The van der Waals surface area contributed by atoms with Crippen molar-refractivity contribution in [3.05, 3.63) is 40.6 Å². The minimum absolute atomic E-state index is 0.155. The van der Waals surface area contributed by atoms with E-state index in [0.29, 0.717) is 23.1 Å². The number of carbonyl (C=O) groups excluding carboxylic acids is 1. The summed E-state index contributed by atoms with van der Waals surface area (Å²) in [5.74, 6) is 0.678. The highest BCUT2D eigenvalue weighted by Crippen LogP contribution is 2.11. The molecule has 2 rings (SSSR count). The van der Waals surface area contributed by atoms with E-state index in [9.17, 15) is 4.79 Å². The zero-order valence-corrected chi connectivity index (χ0v) is 11.4. The number of halogens is 1. The molecule has 7 heteroatoms. The van der Waals surface area contributed by atoms with Gasteiger partial charge in [-0.3, -0.25) is 4.79 Å². The summed E-state index contributed by atoms with van der Waals surface area (Å²) < 4.78 is 2.37. The molecule has 0 aliphatic heterocycles. The molecule has 0 aromatic carbocycles. The number of pyridine rings is 1. The van der Waals surface area contributed by atoms with Gasteiger partial charge in [-0.15, -0.1) is 10.2 Å². The van der Waals surface area contributed by atoms with E-state index < -0.39 is 0 Å². The first kappa shape index (κ1) is 12.7. The predicted octanol–water partition coefficient (Wildman–Crippen LogP) is 0.945.